The van der Waals surface area contributed by atoms with Crippen molar-refractivity contribution >= 4 is 11.6 Å². The summed E-state index contributed by atoms with van der Waals surface area (Å²) in [6, 6.07) is 3.19. The van der Waals surface area contributed by atoms with E-state index in [9.17, 15) is 40.2 Å². The van der Waals surface area contributed by atoms with E-state index in [2.05, 4.69) is 0 Å². The fraction of sp³-hybridized carbons (Fsp3) is 0.500. The average molecular weight is 544 g/mol. The first kappa shape index (κ1) is 27.5. The molecule has 6 N–H and O–H groups in total. The second-order valence-electron chi connectivity index (χ2n) is 10.9. The Kier molecular flexibility index (Phi) is 6.73. The first-order valence-electron chi connectivity index (χ1n) is 12.9. The van der Waals surface area contributed by atoms with Crippen LogP contribution in [-0.4, -0.2) is 91.3 Å². The lowest BCUT2D eigenvalue weighted by Crippen LogP contribution is -2.54. The summed E-state index contributed by atoms with van der Waals surface area (Å²) >= 11 is 0. The van der Waals surface area contributed by atoms with Gasteiger partial charge >= 0.3 is 0 Å². The number of aromatic hydroxyl groups is 3. The van der Waals surface area contributed by atoms with Gasteiger partial charge in [0.05, 0.1) is 40.6 Å². The van der Waals surface area contributed by atoms with E-state index < -0.39 is 81.8 Å². The summed E-state index contributed by atoms with van der Waals surface area (Å²) in [7, 11) is 3.64. The first-order chi connectivity index (χ1) is 18.3. The van der Waals surface area contributed by atoms with Crippen LogP contribution in [0.5, 0.6) is 17.2 Å². The van der Waals surface area contributed by atoms with Gasteiger partial charge in [0.2, 0.25) is 5.78 Å². The minimum absolute atomic E-state index is 0.0787. The largest absolute Gasteiger partial charge is 0.507 e. The molecule has 0 spiro atoms. The van der Waals surface area contributed by atoms with Crippen LogP contribution in [0, 0.1) is 0 Å². The molecular weight excluding hydrogens is 510 g/mol. The fourth-order valence-electron chi connectivity index (χ4n) is 6.05. The Hall–Kier alpha value is -3.06. The SMILES string of the molecule is CCC1(O)CC(OC2CC(N(C)C)C(O)C(C)O2)c2cc3c(c(O)c2C1O)C(=O)c1c(O)ccc(O)c1C3=O. The number of carbonyl (C=O) groups is 2. The van der Waals surface area contributed by atoms with Crippen LogP contribution in [0.1, 0.15) is 88.3 Å². The number of nitrogens with zero attached hydrogens (tertiary/aromatic N) is 1. The molecule has 0 aromatic heterocycles. The Bertz CT molecular complexity index is 1360. The number of phenols is 3. The van der Waals surface area contributed by atoms with Crippen molar-refractivity contribution in [2.75, 3.05) is 14.1 Å². The fourth-order valence-corrected chi connectivity index (χ4v) is 6.05. The second-order valence-corrected chi connectivity index (χ2v) is 10.9. The number of aliphatic hydroxyl groups is 3. The lowest BCUT2D eigenvalue weighted by atomic mass is 9.71. The van der Waals surface area contributed by atoms with Gasteiger partial charge in [0.15, 0.2) is 12.1 Å². The molecule has 2 aromatic carbocycles. The smallest absolute Gasteiger partial charge is 0.202 e. The zero-order valence-electron chi connectivity index (χ0n) is 22.1. The molecule has 1 aliphatic heterocycles. The summed E-state index contributed by atoms with van der Waals surface area (Å²) in [5.74, 6) is -3.46. The van der Waals surface area contributed by atoms with Crippen molar-refractivity contribution in [1.29, 1.82) is 0 Å². The monoisotopic (exact) mass is 543 g/mol. The molecule has 2 aliphatic carbocycles. The molecule has 1 saturated heterocycles. The average Bonchev–Trinajstić information content (AvgIpc) is 2.88. The molecule has 0 bridgehead atoms. The second kappa shape index (κ2) is 9.54. The van der Waals surface area contributed by atoms with Gasteiger partial charge < -0.3 is 45.0 Å². The van der Waals surface area contributed by atoms with Crippen molar-refractivity contribution in [2.45, 2.75) is 75.5 Å². The Labute approximate surface area is 224 Å². The van der Waals surface area contributed by atoms with Crippen molar-refractivity contribution in [2.24, 2.45) is 0 Å². The molecule has 11 nitrogen and oxygen atoms in total. The Balaban J connectivity index is 1.64. The van der Waals surface area contributed by atoms with Gasteiger partial charge in [0.25, 0.3) is 0 Å². The van der Waals surface area contributed by atoms with E-state index >= 15 is 0 Å². The van der Waals surface area contributed by atoms with Gasteiger partial charge in [-0.1, -0.05) is 6.92 Å². The van der Waals surface area contributed by atoms with Gasteiger partial charge in [0.1, 0.15) is 23.4 Å². The molecule has 2 aromatic rings. The number of rotatable bonds is 4. The molecule has 0 radical (unpaired) electrons. The highest BCUT2D eigenvalue weighted by Gasteiger charge is 2.50. The first-order valence-corrected chi connectivity index (χ1v) is 12.9. The van der Waals surface area contributed by atoms with Crippen LogP contribution in [0.2, 0.25) is 0 Å². The summed E-state index contributed by atoms with van der Waals surface area (Å²) in [4.78, 5) is 28.8. The lowest BCUT2D eigenvalue weighted by Gasteiger charge is -2.45. The number of aliphatic hydroxyl groups excluding tert-OH is 2. The van der Waals surface area contributed by atoms with Crippen LogP contribution in [-0.2, 0) is 9.47 Å². The number of ketones is 2. The Morgan fingerprint density at radius 3 is 2.26 bits per heavy atom. The third-order valence-electron chi connectivity index (χ3n) is 8.39. The van der Waals surface area contributed by atoms with Crippen LogP contribution in [0.15, 0.2) is 18.2 Å². The van der Waals surface area contributed by atoms with E-state index in [0.717, 1.165) is 12.1 Å². The molecule has 1 fully saturated rings. The van der Waals surface area contributed by atoms with Crippen LogP contribution in [0.3, 0.4) is 0 Å². The van der Waals surface area contributed by atoms with Crippen LogP contribution in [0.25, 0.3) is 0 Å². The highest BCUT2D eigenvalue weighted by molar-refractivity contribution is 6.31. The number of hydrogen-bond donors (Lipinski definition) is 6. The Morgan fingerprint density at radius 2 is 1.67 bits per heavy atom. The maximum absolute atomic E-state index is 13.5. The van der Waals surface area contributed by atoms with Gasteiger partial charge in [0, 0.05) is 30.0 Å². The molecule has 210 valence electrons. The molecule has 1 heterocycles. The van der Waals surface area contributed by atoms with E-state index in [-0.39, 0.29) is 42.0 Å². The molecule has 5 rings (SSSR count). The number of carbonyl (C=O) groups excluding carboxylic acids is 2. The minimum atomic E-state index is -1.75. The van der Waals surface area contributed by atoms with E-state index in [1.54, 1.807) is 13.8 Å². The summed E-state index contributed by atoms with van der Waals surface area (Å²) in [5.41, 5.74) is -3.24. The van der Waals surface area contributed by atoms with Crippen LogP contribution < -0.4 is 0 Å². The third kappa shape index (κ3) is 4.12. The van der Waals surface area contributed by atoms with Gasteiger partial charge in [-0.3, -0.25) is 9.59 Å². The molecule has 7 atom stereocenters. The summed E-state index contributed by atoms with van der Waals surface area (Å²) in [5, 5.41) is 65.1. The maximum Gasteiger partial charge on any atom is 0.202 e. The van der Waals surface area contributed by atoms with E-state index in [0.29, 0.717) is 0 Å². The van der Waals surface area contributed by atoms with Crippen molar-refractivity contribution in [3.63, 3.8) is 0 Å². The zero-order valence-corrected chi connectivity index (χ0v) is 22.1. The van der Waals surface area contributed by atoms with Crippen LogP contribution >= 0.6 is 0 Å². The van der Waals surface area contributed by atoms with Gasteiger partial charge in [-0.15, -0.1) is 0 Å². The molecular formula is C28H33NO10. The summed E-state index contributed by atoms with van der Waals surface area (Å²) in [6.45, 7) is 3.37. The highest BCUT2D eigenvalue weighted by Crippen LogP contribution is 2.53. The summed E-state index contributed by atoms with van der Waals surface area (Å²) in [6.07, 6.45) is -4.50. The molecule has 39 heavy (non-hydrogen) atoms. The van der Waals surface area contributed by atoms with Crippen molar-refractivity contribution in [1.82, 2.24) is 4.90 Å². The molecule has 0 saturated carbocycles. The van der Waals surface area contributed by atoms with E-state index in [1.807, 2.05) is 19.0 Å². The van der Waals surface area contributed by atoms with Gasteiger partial charge in [-0.25, -0.2) is 0 Å². The normalized spacial score (nSPS) is 32.1. The predicted octanol–water partition coefficient (Wildman–Crippen LogP) is 1.64. The zero-order chi connectivity index (χ0) is 28.5. The number of fused-ring (bicyclic) bond motifs is 3. The molecule has 11 heteroatoms. The highest BCUT2D eigenvalue weighted by atomic mass is 16.7. The van der Waals surface area contributed by atoms with Gasteiger partial charge in [-0.2, -0.15) is 0 Å². The van der Waals surface area contributed by atoms with E-state index in [4.69, 9.17) is 9.47 Å². The minimum Gasteiger partial charge on any atom is -0.507 e. The number of ether oxygens (including phenoxy) is 2. The van der Waals surface area contributed by atoms with Crippen molar-refractivity contribution in [3.05, 3.63) is 51.6 Å². The predicted molar refractivity (Wildman–Crippen MR) is 136 cm³/mol. The van der Waals surface area contributed by atoms with Crippen molar-refractivity contribution < 1.29 is 49.7 Å². The topological polar surface area (TPSA) is 177 Å². The maximum atomic E-state index is 13.5. The number of benzene rings is 2. The van der Waals surface area contributed by atoms with E-state index in [1.165, 1.54) is 6.07 Å². The quantitative estimate of drug-likeness (QED) is 0.264. The lowest BCUT2D eigenvalue weighted by molar-refractivity contribution is -0.261. The summed E-state index contributed by atoms with van der Waals surface area (Å²) < 4.78 is 12.2. The standard InChI is InChI=1S/C28H33NO10/c1-5-28(37)10-17(39-18-9-14(29(3)4)23(32)11(2)38-18)12-8-13-19(25(34)20(12)27(28)36)26(35)22-16(31)7-6-15(30)21(22)24(13)33/h6-8,11,14,17-18,23,27,30-32,34,36-37H,5,9-10H2,1-4H3. The van der Waals surface area contributed by atoms with Gasteiger partial charge in [-0.05, 0) is 51.2 Å². The van der Waals surface area contributed by atoms with Crippen molar-refractivity contribution in [3.8, 4) is 17.2 Å². The molecule has 3 aliphatic rings. The molecule has 7 unspecified atom stereocenters. The number of hydrogen-bond acceptors (Lipinski definition) is 11. The third-order valence-corrected chi connectivity index (χ3v) is 8.39. The van der Waals surface area contributed by atoms with Crippen LogP contribution in [0.4, 0.5) is 0 Å². The number of phenolic OH excluding ortho intramolecular Hbond substituents is 3. The Morgan fingerprint density at radius 1 is 1.05 bits per heavy atom. The molecule has 0 amide bonds. The number of likely N-dealkylation sites (N-methyl/N-ethyl adjacent to an activating group) is 1.